The Morgan fingerprint density at radius 3 is 2.75 bits per heavy atom. The number of carbonyl (C=O) groups excluding carboxylic acids is 1. The molecule has 0 unspecified atom stereocenters. The molecule has 0 bridgehead atoms. The number of hydrogen-bond acceptors (Lipinski definition) is 4. The summed E-state index contributed by atoms with van der Waals surface area (Å²) in [5.74, 6) is 0.353. The highest BCUT2D eigenvalue weighted by Crippen LogP contribution is 2.28. The molecule has 0 aliphatic heterocycles. The minimum atomic E-state index is -0.536. The molecule has 0 heterocycles. The van der Waals surface area contributed by atoms with Crippen LogP contribution in [-0.2, 0) is 4.79 Å². The number of halogens is 1. The summed E-state index contributed by atoms with van der Waals surface area (Å²) < 4.78 is 5.21. The van der Waals surface area contributed by atoms with Gasteiger partial charge in [0.2, 0.25) is 0 Å². The van der Waals surface area contributed by atoms with Crippen LogP contribution >= 0.6 is 11.6 Å². The van der Waals surface area contributed by atoms with Gasteiger partial charge in [-0.15, -0.1) is 0 Å². The van der Waals surface area contributed by atoms with Crippen molar-refractivity contribution in [1.29, 1.82) is 0 Å². The normalized spacial score (nSPS) is 9.88. The molecule has 0 aliphatic rings. The maximum Gasteiger partial charge on any atom is 0.271 e. The second kappa shape index (κ2) is 5.46. The molecule has 0 spiro atoms. The number of nitrogens with zero attached hydrogens (tertiary/aromatic N) is 1. The van der Waals surface area contributed by atoms with Crippen molar-refractivity contribution >= 4 is 23.1 Å². The van der Waals surface area contributed by atoms with Gasteiger partial charge in [0, 0.05) is 18.6 Å². The van der Waals surface area contributed by atoms with Crippen LogP contribution in [0.15, 0.2) is 18.2 Å². The third kappa shape index (κ3) is 3.51. The second-order valence-corrected chi connectivity index (χ2v) is 3.58. The van der Waals surface area contributed by atoms with Crippen LogP contribution in [0, 0.1) is 10.1 Å². The molecule has 0 fully saturated rings. The quantitative estimate of drug-likeness (QED) is 0.589. The number of ether oxygens (including phenoxy) is 1. The predicted octanol–water partition coefficient (Wildman–Crippen LogP) is 2.61. The molecule has 1 aromatic rings. The van der Waals surface area contributed by atoms with Crippen molar-refractivity contribution in [2.24, 2.45) is 0 Å². The molecule has 6 heteroatoms. The Kier molecular flexibility index (Phi) is 4.25. The van der Waals surface area contributed by atoms with Crippen molar-refractivity contribution in [1.82, 2.24) is 0 Å². The molecule has 86 valence electrons. The Bertz CT molecular complexity index is 419. The molecule has 0 aromatic heterocycles. The summed E-state index contributed by atoms with van der Waals surface area (Å²) in [6.45, 7) is 1.67. The van der Waals surface area contributed by atoms with Gasteiger partial charge in [0.25, 0.3) is 5.69 Å². The van der Waals surface area contributed by atoms with Gasteiger partial charge < -0.3 is 4.74 Å². The van der Waals surface area contributed by atoms with E-state index in [-0.39, 0.29) is 29.5 Å². The first-order chi connectivity index (χ1) is 7.50. The lowest BCUT2D eigenvalue weighted by Crippen LogP contribution is -2.03. The summed E-state index contributed by atoms with van der Waals surface area (Å²) in [5.41, 5.74) is -0.0936. The van der Waals surface area contributed by atoms with E-state index in [0.29, 0.717) is 5.75 Å². The van der Waals surface area contributed by atoms with Crippen LogP contribution in [0.3, 0.4) is 0 Å². The smallest absolute Gasteiger partial charge is 0.271 e. The molecule has 1 rings (SSSR count). The van der Waals surface area contributed by atoms with Crippen molar-refractivity contribution < 1.29 is 14.5 Å². The Balaban J connectivity index is 2.68. The summed E-state index contributed by atoms with van der Waals surface area (Å²) in [4.78, 5) is 20.6. The molecular formula is C10H10ClNO4. The van der Waals surface area contributed by atoms with E-state index in [0.717, 1.165) is 0 Å². The molecule has 1 aromatic carbocycles. The number of nitro benzene ring substituents is 1. The summed E-state index contributed by atoms with van der Waals surface area (Å²) in [6.07, 6.45) is 0.285. The number of ketones is 1. The summed E-state index contributed by atoms with van der Waals surface area (Å²) in [6, 6.07) is 3.93. The van der Waals surface area contributed by atoms with E-state index in [1.54, 1.807) is 0 Å². The van der Waals surface area contributed by atoms with Crippen LogP contribution in [0.1, 0.15) is 13.3 Å². The first-order valence-corrected chi connectivity index (χ1v) is 4.94. The van der Waals surface area contributed by atoms with E-state index < -0.39 is 4.92 Å². The van der Waals surface area contributed by atoms with Crippen LogP contribution < -0.4 is 4.74 Å². The van der Waals surface area contributed by atoms with Gasteiger partial charge in [0.1, 0.15) is 11.5 Å². The van der Waals surface area contributed by atoms with Gasteiger partial charge in [-0.1, -0.05) is 11.6 Å². The number of Topliss-reactive ketones (excluding diaryl/α,β-unsaturated/α-hetero) is 1. The van der Waals surface area contributed by atoms with E-state index in [2.05, 4.69) is 0 Å². The van der Waals surface area contributed by atoms with Crippen LogP contribution in [-0.4, -0.2) is 17.3 Å². The minimum Gasteiger partial charge on any atom is -0.492 e. The highest BCUT2D eigenvalue weighted by molar-refractivity contribution is 6.32. The fourth-order valence-corrected chi connectivity index (χ4v) is 1.25. The minimum absolute atomic E-state index is 0.0121. The lowest BCUT2D eigenvalue weighted by atomic mass is 10.3. The molecule has 0 saturated carbocycles. The monoisotopic (exact) mass is 243 g/mol. The van der Waals surface area contributed by atoms with E-state index in [1.807, 2.05) is 0 Å². The van der Waals surface area contributed by atoms with Gasteiger partial charge >= 0.3 is 0 Å². The van der Waals surface area contributed by atoms with Crippen molar-refractivity contribution in [3.05, 3.63) is 33.3 Å². The molecule has 0 radical (unpaired) electrons. The standard InChI is InChI=1S/C10H10ClNO4/c1-7(13)4-5-16-10-3-2-8(12(14)15)6-9(10)11/h2-3,6H,4-5H2,1H3. The fraction of sp³-hybridized carbons (Fsp3) is 0.300. The van der Waals surface area contributed by atoms with Crippen molar-refractivity contribution in [3.63, 3.8) is 0 Å². The van der Waals surface area contributed by atoms with Gasteiger partial charge in [-0.05, 0) is 13.0 Å². The van der Waals surface area contributed by atoms with E-state index in [1.165, 1.54) is 25.1 Å². The second-order valence-electron chi connectivity index (χ2n) is 3.17. The van der Waals surface area contributed by atoms with Crippen LogP contribution in [0.4, 0.5) is 5.69 Å². The Hall–Kier alpha value is -1.62. The predicted molar refractivity (Wildman–Crippen MR) is 58.9 cm³/mol. The highest BCUT2D eigenvalue weighted by Gasteiger charge is 2.10. The van der Waals surface area contributed by atoms with Gasteiger partial charge in [-0.2, -0.15) is 0 Å². The maximum atomic E-state index is 10.7. The molecule has 0 aliphatic carbocycles. The van der Waals surface area contributed by atoms with Crippen LogP contribution in [0.25, 0.3) is 0 Å². The van der Waals surface area contributed by atoms with Crippen LogP contribution in [0.2, 0.25) is 5.02 Å². The topological polar surface area (TPSA) is 69.4 Å². The first kappa shape index (κ1) is 12.4. The van der Waals surface area contributed by atoms with E-state index >= 15 is 0 Å². The molecule has 0 saturated heterocycles. The fourth-order valence-electron chi connectivity index (χ4n) is 1.03. The summed E-state index contributed by atoms with van der Waals surface area (Å²) in [7, 11) is 0. The zero-order chi connectivity index (χ0) is 12.1. The summed E-state index contributed by atoms with van der Waals surface area (Å²) >= 11 is 5.77. The van der Waals surface area contributed by atoms with Crippen molar-refractivity contribution in [2.75, 3.05) is 6.61 Å². The number of non-ortho nitro benzene ring substituents is 1. The van der Waals surface area contributed by atoms with Gasteiger partial charge in [0.05, 0.1) is 16.6 Å². The lowest BCUT2D eigenvalue weighted by Gasteiger charge is -2.06. The summed E-state index contributed by atoms with van der Waals surface area (Å²) in [5, 5.41) is 10.6. The average Bonchev–Trinajstić information content (AvgIpc) is 2.19. The number of nitro groups is 1. The molecule has 0 atom stereocenters. The zero-order valence-electron chi connectivity index (χ0n) is 8.60. The Morgan fingerprint density at radius 1 is 1.56 bits per heavy atom. The number of rotatable bonds is 5. The van der Waals surface area contributed by atoms with E-state index in [9.17, 15) is 14.9 Å². The number of benzene rings is 1. The number of carbonyl (C=O) groups is 1. The van der Waals surface area contributed by atoms with Gasteiger partial charge in [0.15, 0.2) is 0 Å². The molecule has 16 heavy (non-hydrogen) atoms. The average molecular weight is 244 g/mol. The first-order valence-electron chi connectivity index (χ1n) is 4.57. The molecule has 0 amide bonds. The Labute approximate surface area is 97.1 Å². The Morgan fingerprint density at radius 2 is 2.25 bits per heavy atom. The van der Waals surface area contributed by atoms with Crippen LogP contribution in [0.5, 0.6) is 5.75 Å². The maximum absolute atomic E-state index is 10.7. The molecule has 0 N–H and O–H groups in total. The SMILES string of the molecule is CC(=O)CCOc1ccc([N+](=O)[O-])cc1Cl. The van der Waals surface area contributed by atoms with E-state index in [4.69, 9.17) is 16.3 Å². The van der Waals surface area contributed by atoms with Crippen molar-refractivity contribution in [2.45, 2.75) is 13.3 Å². The highest BCUT2D eigenvalue weighted by atomic mass is 35.5. The largest absolute Gasteiger partial charge is 0.492 e. The van der Waals surface area contributed by atoms with Gasteiger partial charge in [-0.3, -0.25) is 14.9 Å². The zero-order valence-corrected chi connectivity index (χ0v) is 9.36. The third-order valence-electron chi connectivity index (χ3n) is 1.84. The number of hydrogen-bond donors (Lipinski definition) is 0. The lowest BCUT2D eigenvalue weighted by molar-refractivity contribution is -0.384. The van der Waals surface area contributed by atoms with Gasteiger partial charge in [-0.25, -0.2) is 0 Å². The van der Waals surface area contributed by atoms with Crippen molar-refractivity contribution in [3.8, 4) is 5.75 Å². The third-order valence-corrected chi connectivity index (χ3v) is 2.13. The molecular weight excluding hydrogens is 234 g/mol. The molecule has 5 nitrogen and oxygen atoms in total.